The van der Waals surface area contributed by atoms with E-state index in [4.69, 9.17) is 18.9 Å². The first-order valence-electron chi connectivity index (χ1n) is 31.9. The van der Waals surface area contributed by atoms with Crippen LogP contribution in [0.15, 0.2) is 12.2 Å². The Labute approximate surface area is 453 Å². The largest absolute Gasteiger partial charge is 0.477 e. The number of nitrogens with zero attached hydrogens (tertiary/aromatic N) is 1. The van der Waals surface area contributed by atoms with E-state index in [1.54, 1.807) is 0 Å². The van der Waals surface area contributed by atoms with Gasteiger partial charge in [0.2, 0.25) is 0 Å². The molecular formula is C64H124NO8+. The molecule has 0 fully saturated rings. The number of rotatable bonds is 60. The Morgan fingerprint density at radius 2 is 0.699 bits per heavy atom. The van der Waals surface area contributed by atoms with Gasteiger partial charge in [-0.25, -0.2) is 4.79 Å². The predicted molar refractivity (Wildman–Crippen MR) is 309 cm³/mol. The lowest BCUT2D eigenvalue weighted by Gasteiger charge is -2.25. The first kappa shape index (κ1) is 71.0. The number of unbranched alkanes of at least 4 members (excludes halogenated alkanes) is 43. The highest BCUT2D eigenvalue weighted by atomic mass is 16.7. The molecule has 0 saturated heterocycles. The normalized spacial score (nSPS) is 12.7. The van der Waals surface area contributed by atoms with Gasteiger partial charge < -0.3 is 28.5 Å². The van der Waals surface area contributed by atoms with E-state index in [-0.39, 0.29) is 38.2 Å². The Balaban J connectivity index is 4.09. The summed E-state index contributed by atoms with van der Waals surface area (Å²) in [6, 6.07) is 0. The van der Waals surface area contributed by atoms with Gasteiger partial charge in [-0.2, -0.15) is 0 Å². The summed E-state index contributed by atoms with van der Waals surface area (Å²) in [7, 11) is 5.98. The number of likely N-dealkylation sites (N-methyl/N-ethyl adjacent to an activating group) is 1. The SMILES string of the molecule is CCCCCCCC/C=C\CCCCCCCCCCCC(=O)OC(COC(=O)CCCCCCCCCCCCCCCCCCCCCCCCCCCCCCC)COC(OCC[N+](C)(C)C)C(=O)O. The van der Waals surface area contributed by atoms with Crippen molar-refractivity contribution < 1.29 is 42.9 Å². The molecule has 0 aromatic rings. The van der Waals surface area contributed by atoms with Crippen molar-refractivity contribution in [3.05, 3.63) is 12.2 Å². The number of allylic oxidation sites excluding steroid dienone is 2. The summed E-state index contributed by atoms with van der Waals surface area (Å²) < 4.78 is 22.9. The van der Waals surface area contributed by atoms with E-state index in [9.17, 15) is 19.5 Å². The standard InChI is InChI=1S/C64H123NO8/c1-6-8-10-12-14-16-18-20-22-24-26-27-28-29-30-31-32-33-34-35-37-38-40-42-44-46-48-50-52-54-61(66)71-58-60(59-72-64(63(68)69)70-57-56-65(3,4)5)73-62(67)55-53-51-49-47-45-43-41-39-36-25-23-21-19-17-15-13-11-9-7-2/h21,23,60,64H,6-20,22,24-59H2,1-5H3/p+1/b23-21-. The third kappa shape index (κ3) is 57.6. The average molecular weight is 1040 g/mol. The van der Waals surface area contributed by atoms with Crippen molar-refractivity contribution in [2.75, 3.05) is 47.5 Å². The van der Waals surface area contributed by atoms with Crippen LogP contribution in [0.3, 0.4) is 0 Å². The minimum Gasteiger partial charge on any atom is -0.477 e. The third-order valence-electron chi connectivity index (χ3n) is 14.5. The molecule has 0 radical (unpaired) electrons. The predicted octanol–water partition coefficient (Wildman–Crippen LogP) is 18.9. The molecule has 0 aliphatic carbocycles. The highest BCUT2D eigenvalue weighted by Crippen LogP contribution is 2.18. The summed E-state index contributed by atoms with van der Waals surface area (Å²) in [5.74, 6) is -1.98. The van der Waals surface area contributed by atoms with Crippen molar-refractivity contribution in [1.82, 2.24) is 0 Å². The molecule has 9 nitrogen and oxygen atoms in total. The fraction of sp³-hybridized carbons (Fsp3) is 0.922. The molecular weight excluding hydrogens is 911 g/mol. The molecule has 0 spiro atoms. The van der Waals surface area contributed by atoms with Gasteiger partial charge in [-0.1, -0.05) is 283 Å². The number of hydrogen-bond acceptors (Lipinski definition) is 7. The minimum atomic E-state index is -1.51. The van der Waals surface area contributed by atoms with Crippen LogP contribution < -0.4 is 0 Å². The number of quaternary nitrogens is 1. The maximum absolute atomic E-state index is 12.9. The number of carboxylic acid groups (broad SMARTS) is 1. The fourth-order valence-electron chi connectivity index (χ4n) is 9.60. The second-order valence-electron chi connectivity index (χ2n) is 23.1. The molecule has 73 heavy (non-hydrogen) atoms. The van der Waals surface area contributed by atoms with Gasteiger partial charge in [0.25, 0.3) is 6.29 Å². The van der Waals surface area contributed by atoms with Crippen LogP contribution in [-0.4, -0.2) is 87.4 Å². The number of carbonyl (C=O) groups excluding carboxylic acids is 2. The fourth-order valence-corrected chi connectivity index (χ4v) is 9.60. The number of ether oxygens (including phenoxy) is 4. The van der Waals surface area contributed by atoms with Crippen molar-refractivity contribution in [1.29, 1.82) is 0 Å². The van der Waals surface area contributed by atoms with Gasteiger partial charge in [-0.05, 0) is 38.5 Å². The van der Waals surface area contributed by atoms with Crippen LogP contribution in [0.2, 0.25) is 0 Å². The van der Waals surface area contributed by atoms with Crippen molar-refractivity contribution in [2.45, 2.75) is 334 Å². The monoisotopic (exact) mass is 1030 g/mol. The molecule has 0 aliphatic rings. The van der Waals surface area contributed by atoms with Crippen molar-refractivity contribution in [3.8, 4) is 0 Å². The zero-order valence-electron chi connectivity index (χ0n) is 49.3. The smallest absolute Gasteiger partial charge is 0.361 e. The summed E-state index contributed by atoms with van der Waals surface area (Å²) in [5.41, 5.74) is 0. The second-order valence-corrected chi connectivity index (χ2v) is 23.1. The number of aliphatic carboxylic acids is 1. The lowest BCUT2D eigenvalue weighted by Crippen LogP contribution is -2.40. The van der Waals surface area contributed by atoms with Crippen LogP contribution >= 0.6 is 0 Å². The molecule has 0 heterocycles. The molecule has 2 unspecified atom stereocenters. The molecule has 0 bridgehead atoms. The quantitative estimate of drug-likeness (QED) is 0.0211. The van der Waals surface area contributed by atoms with E-state index >= 15 is 0 Å². The van der Waals surface area contributed by atoms with E-state index in [2.05, 4.69) is 26.0 Å². The highest BCUT2D eigenvalue weighted by Gasteiger charge is 2.25. The van der Waals surface area contributed by atoms with Crippen molar-refractivity contribution in [2.24, 2.45) is 0 Å². The zero-order valence-corrected chi connectivity index (χ0v) is 49.3. The first-order valence-corrected chi connectivity index (χ1v) is 31.9. The topological polar surface area (TPSA) is 108 Å². The summed E-state index contributed by atoms with van der Waals surface area (Å²) >= 11 is 0. The lowest BCUT2D eigenvalue weighted by molar-refractivity contribution is -0.870. The maximum atomic E-state index is 12.9. The number of hydrogen-bond donors (Lipinski definition) is 1. The molecule has 0 aromatic heterocycles. The maximum Gasteiger partial charge on any atom is 0.361 e. The van der Waals surface area contributed by atoms with Gasteiger partial charge >= 0.3 is 17.9 Å². The third-order valence-corrected chi connectivity index (χ3v) is 14.5. The van der Waals surface area contributed by atoms with Gasteiger partial charge in [0, 0.05) is 12.8 Å². The Kier molecular flexibility index (Phi) is 54.7. The summed E-state index contributed by atoms with van der Waals surface area (Å²) in [5, 5.41) is 9.71. The molecule has 0 aromatic carbocycles. The zero-order chi connectivity index (χ0) is 53.4. The van der Waals surface area contributed by atoms with Crippen LogP contribution in [0.25, 0.3) is 0 Å². The van der Waals surface area contributed by atoms with Crippen LogP contribution in [0.4, 0.5) is 0 Å². The number of carboxylic acids is 1. The molecule has 0 rings (SSSR count). The van der Waals surface area contributed by atoms with Crippen LogP contribution in [0.5, 0.6) is 0 Å². The molecule has 432 valence electrons. The molecule has 0 aliphatic heterocycles. The molecule has 9 heteroatoms. The second kappa shape index (κ2) is 56.2. The van der Waals surface area contributed by atoms with Crippen molar-refractivity contribution >= 4 is 17.9 Å². The van der Waals surface area contributed by atoms with Gasteiger partial charge in [0.15, 0.2) is 6.10 Å². The summed E-state index contributed by atoms with van der Waals surface area (Å²) in [6.07, 6.45) is 63.1. The first-order chi connectivity index (χ1) is 35.6. The molecule has 2 atom stereocenters. The van der Waals surface area contributed by atoms with E-state index < -0.39 is 18.4 Å². The van der Waals surface area contributed by atoms with E-state index in [0.717, 1.165) is 38.5 Å². The highest BCUT2D eigenvalue weighted by molar-refractivity contribution is 5.71. The van der Waals surface area contributed by atoms with Crippen molar-refractivity contribution in [3.63, 3.8) is 0 Å². The molecule has 0 saturated carbocycles. The average Bonchev–Trinajstić information content (AvgIpc) is 3.36. The Hall–Kier alpha value is -1.97. The number of esters is 2. The van der Waals surface area contributed by atoms with Crippen LogP contribution in [0, 0.1) is 0 Å². The Morgan fingerprint density at radius 3 is 1.01 bits per heavy atom. The van der Waals surface area contributed by atoms with Crippen LogP contribution in [0.1, 0.15) is 322 Å². The van der Waals surface area contributed by atoms with E-state index in [0.29, 0.717) is 17.4 Å². The van der Waals surface area contributed by atoms with Gasteiger partial charge in [0.1, 0.15) is 13.2 Å². The molecule has 1 N–H and O–H groups in total. The van der Waals surface area contributed by atoms with E-state index in [1.165, 1.54) is 257 Å². The lowest BCUT2D eigenvalue weighted by atomic mass is 10.0. The van der Waals surface area contributed by atoms with Gasteiger partial charge in [-0.15, -0.1) is 0 Å². The molecule has 0 amide bonds. The minimum absolute atomic E-state index is 0.176. The van der Waals surface area contributed by atoms with Crippen LogP contribution in [-0.2, 0) is 33.3 Å². The summed E-state index contributed by atoms with van der Waals surface area (Å²) in [4.78, 5) is 37.5. The Morgan fingerprint density at radius 1 is 0.397 bits per heavy atom. The van der Waals surface area contributed by atoms with Gasteiger partial charge in [-0.3, -0.25) is 9.59 Å². The van der Waals surface area contributed by atoms with Gasteiger partial charge in [0.05, 0.1) is 34.4 Å². The number of carbonyl (C=O) groups is 3. The van der Waals surface area contributed by atoms with E-state index in [1.807, 2.05) is 21.1 Å². The Bertz CT molecular complexity index is 1200. The summed E-state index contributed by atoms with van der Waals surface area (Å²) in [6.45, 7) is 4.94.